The first-order valence-corrected chi connectivity index (χ1v) is 8.42. The van der Waals surface area contributed by atoms with Gasteiger partial charge in [0, 0.05) is 14.1 Å². The van der Waals surface area contributed by atoms with Gasteiger partial charge >= 0.3 is 0 Å². The molecule has 0 heterocycles. The van der Waals surface area contributed by atoms with Gasteiger partial charge in [0.2, 0.25) is 0 Å². The average molecular weight is 340 g/mol. The van der Waals surface area contributed by atoms with Crippen LogP contribution in [-0.2, 0) is 0 Å². The lowest BCUT2D eigenvalue weighted by Gasteiger charge is -2.11. The van der Waals surface area contributed by atoms with Crippen LogP contribution in [-0.4, -0.2) is 30.8 Å². The molecule has 3 rings (SSSR count). The summed E-state index contributed by atoms with van der Waals surface area (Å²) in [5.74, 6) is 3.10. The summed E-state index contributed by atoms with van der Waals surface area (Å²) in [5.41, 5.74) is 4.11. The highest BCUT2D eigenvalue weighted by atomic mass is 16.2. The molecular formula is C23H20N2O. The molecule has 0 fully saturated rings. The van der Waals surface area contributed by atoms with Crippen molar-refractivity contribution >= 4 is 23.0 Å². The van der Waals surface area contributed by atoms with Gasteiger partial charge in [-0.15, -0.1) is 0 Å². The molecule has 3 heteroatoms. The second-order valence-electron chi connectivity index (χ2n) is 6.05. The van der Waals surface area contributed by atoms with Crippen LogP contribution in [0.3, 0.4) is 0 Å². The number of hydrogen-bond donors (Lipinski definition) is 0. The van der Waals surface area contributed by atoms with E-state index in [0.29, 0.717) is 11.3 Å². The van der Waals surface area contributed by atoms with Gasteiger partial charge in [-0.3, -0.25) is 4.79 Å². The molecule has 0 saturated carbocycles. The van der Waals surface area contributed by atoms with Crippen molar-refractivity contribution in [1.82, 2.24) is 4.90 Å². The largest absolute Gasteiger partial charge is 0.345 e. The zero-order chi connectivity index (χ0) is 18.4. The number of amides is 1. The Hall–Kier alpha value is -3.42. The first-order chi connectivity index (χ1) is 12.7. The zero-order valence-corrected chi connectivity index (χ0v) is 14.9. The van der Waals surface area contributed by atoms with Crippen LogP contribution in [0.1, 0.15) is 21.5 Å². The topological polar surface area (TPSA) is 32.7 Å². The summed E-state index contributed by atoms with van der Waals surface area (Å²) in [6.07, 6.45) is 0. The molecule has 0 aromatic heterocycles. The normalized spacial score (nSPS) is 9.92. The summed E-state index contributed by atoms with van der Waals surface area (Å²) >= 11 is 0. The molecule has 26 heavy (non-hydrogen) atoms. The van der Waals surface area contributed by atoms with E-state index in [4.69, 9.17) is 0 Å². The number of carbonyl (C=O) groups is 1. The Bertz CT molecular complexity index is 912. The fourth-order valence-electron chi connectivity index (χ4n) is 2.61. The van der Waals surface area contributed by atoms with Crippen molar-refractivity contribution in [3.8, 4) is 0 Å². The first kappa shape index (κ1) is 17.4. The van der Waals surface area contributed by atoms with Crippen molar-refractivity contribution in [2.24, 2.45) is 4.99 Å². The third-order valence-corrected chi connectivity index (χ3v) is 3.95. The molecule has 0 radical (unpaired) electrons. The van der Waals surface area contributed by atoms with Crippen molar-refractivity contribution in [1.29, 1.82) is 0 Å². The molecule has 128 valence electrons. The predicted molar refractivity (Wildman–Crippen MR) is 107 cm³/mol. The molecule has 3 aromatic rings. The molecule has 0 aliphatic rings. The molecule has 1 amide bonds. The van der Waals surface area contributed by atoms with E-state index in [1.165, 1.54) is 0 Å². The molecule has 0 unspecified atom stereocenters. The Balaban J connectivity index is 2.14. The van der Waals surface area contributed by atoms with Crippen molar-refractivity contribution in [3.63, 3.8) is 0 Å². The van der Waals surface area contributed by atoms with Gasteiger partial charge in [0.1, 0.15) is 0 Å². The lowest BCUT2D eigenvalue weighted by Crippen LogP contribution is -2.21. The molecule has 0 N–H and O–H groups in total. The third-order valence-electron chi connectivity index (χ3n) is 3.95. The van der Waals surface area contributed by atoms with Crippen molar-refractivity contribution in [3.05, 3.63) is 102 Å². The van der Waals surface area contributed by atoms with E-state index in [9.17, 15) is 4.79 Å². The summed E-state index contributed by atoms with van der Waals surface area (Å²) in [5, 5.41) is 0. The van der Waals surface area contributed by atoms with E-state index >= 15 is 0 Å². The number of para-hydroxylation sites is 1. The van der Waals surface area contributed by atoms with Crippen LogP contribution in [0.25, 0.3) is 5.57 Å². The Morgan fingerprint density at radius 2 is 1.27 bits per heavy atom. The maximum atomic E-state index is 12.4. The van der Waals surface area contributed by atoms with Crippen LogP contribution in [0.4, 0.5) is 5.69 Å². The van der Waals surface area contributed by atoms with Gasteiger partial charge in [0.05, 0.1) is 16.8 Å². The minimum atomic E-state index is -0.0767. The number of hydrogen-bond acceptors (Lipinski definition) is 2. The monoisotopic (exact) mass is 340 g/mol. The summed E-state index contributed by atoms with van der Waals surface area (Å²) in [6, 6.07) is 27.4. The molecular weight excluding hydrogens is 320 g/mol. The van der Waals surface area contributed by atoms with Crippen LogP contribution >= 0.6 is 0 Å². The SMILES string of the molecule is CN(C)C(=O)c1ccccc1N=C=C(c1ccccc1)c1ccccc1. The molecule has 0 aliphatic carbocycles. The molecule has 0 atom stereocenters. The Morgan fingerprint density at radius 1 is 0.769 bits per heavy atom. The van der Waals surface area contributed by atoms with E-state index < -0.39 is 0 Å². The Kier molecular flexibility index (Phi) is 5.43. The van der Waals surface area contributed by atoms with Crippen molar-refractivity contribution in [2.75, 3.05) is 14.1 Å². The molecule has 3 nitrogen and oxygen atoms in total. The van der Waals surface area contributed by atoms with Gasteiger partial charge in [-0.25, -0.2) is 4.99 Å². The highest BCUT2D eigenvalue weighted by molar-refractivity contribution is 6.02. The van der Waals surface area contributed by atoms with Gasteiger partial charge in [0.15, 0.2) is 0 Å². The molecule has 3 aromatic carbocycles. The fourth-order valence-corrected chi connectivity index (χ4v) is 2.61. The van der Waals surface area contributed by atoms with E-state index in [0.717, 1.165) is 16.7 Å². The van der Waals surface area contributed by atoms with Gasteiger partial charge in [-0.1, -0.05) is 72.8 Å². The third kappa shape index (κ3) is 3.97. The summed E-state index contributed by atoms with van der Waals surface area (Å²) in [4.78, 5) is 18.5. The van der Waals surface area contributed by atoms with E-state index in [2.05, 4.69) is 10.9 Å². The highest BCUT2D eigenvalue weighted by Gasteiger charge is 2.12. The van der Waals surface area contributed by atoms with Gasteiger partial charge in [0.25, 0.3) is 5.91 Å². The second-order valence-corrected chi connectivity index (χ2v) is 6.05. The molecule has 0 spiro atoms. The van der Waals surface area contributed by atoms with Crippen molar-refractivity contribution in [2.45, 2.75) is 0 Å². The summed E-state index contributed by atoms with van der Waals surface area (Å²) < 4.78 is 0. The average Bonchev–Trinajstić information content (AvgIpc) is 2.69. The predicted octanol–water partition coefficient (Wildman–Crippen LogP) is 4.82. The van der Waals surface area contributed by atoms with E-state index in [-0.39, 0.29) is 5.91 Å². The van der Waals surface area contributed by atoms with E-state index in [1.54, 1.807) is 25.1 Å². The van der Waals surface area contributed by atoms with Gasteiger partial charge in [-0.05, 0) is 29.1 Å². The molecule has 0 saturated heterocycles. The van der Waals surface area contributed by atoms with Crippen LogP contribution in [0.2, 0.25) is 0 Å². The number of rotatable bonds is 4. The minimum Gasteiger partial charge on any atom is -0.345 e. The number of benzene rings is 3. The second kappa shape index (κ2) is 8.11. The van der Waals surface area contributed by atoms with E-state index in [1.807, 2.05) is 78.9 Å². The number of nitrogens with zero attached hydrogens (tertiary/aromatic N) is 2. The van der Waals surface area contributed by atoms with Crippen LogP contribution in [0.5, 0.6) is 0 Å². The zero-order valence-electron chi connectivity index (χ0n) is 14.9. The molecule has 0 bridgehead atoms. The van der Waals surface area contributed by atoms with Gasteiger partial charge in [-0.2, -0.15) is 0 Å². The quantitative estimate of drug-likeness (QED) is 0.627. The summed E-state index contributed by atoms with van der Waals surface area (Å²) in [7, 11) is 3.47. The first-order valence-electron chi connectivity index (χ1n) is 8.42. The van der Waals surface area contributed by atoms with Crippen molar-refractivity contribution < 1.29 is 4.79 Å². The smallest absolute Gasteiger partial charge is 0.255 e. The lowest BCUT2D eigenvalue weighted by molar-refractivity contribution is 0.0828. The number of aliphatic imine (C=N–C) groups is 1. The lowest BCUT2D eigenvalue weighted by atomic mass is 9.99. The van der Waals surface area contributed by atoms with Crippen LogP contribution in [0, 0.1) is 0 Å². The highest BCUT2D eigenvalue weighted by Crippen LogP contribution is 2.23. The Morgan fingerprint density at radius 3 is 1.81 bits per heavy atom. The maximum absolute atomic E-state index is 12.4. The standard InChI is InChI=1S/C23H20N2O/c1-25(2)23(26)20-15-9-10-16-22(20)24-17-21(18-11-5-3-6-12-18)19-13-7-4-8-14-19/h3-16H,1-2H3. The fraction of sp³-hybridized carbons (Fsp3) is 0.0870. The molecule has 0 aliphatic heterocycles. The maximum Gasteiger partial charge on any atom is 0.255 e. The Labute approximate surface area is 153 Å². The minimum absolute atomic E-state index is 0.0767. The number of carbonyl (C=O) groups excluding carboxylic acids is 1. The summed E-state index contributed by atoms with van der Waals surface area (Å²) in [6.45, 7) is 0. The van der Waals surface area contributed by atoms with Gasteiger partial charge < -0.3 is 4.90 Å². The van der Waals surface area contributed by atoms with Crippen LogP contribution < -0.4 is 0 Å². The van der Waals surface area contributed by atoms with Crippen LogP contribution in [0.15, 0.2) is 89.9 Å².